The van der Waals surface area contributed by atoms with Gasteiger partial charge in [-0.05, 0) is 26.8 Å². The van der Waals surface area contributed by atoms with E-state index in [1.807, 2.05) is 25.8 Å². The zero-order valence-electron chi connectivity index (χ0n) is 11.9. The first kappa shape index (κ1) is 14.5. The second-order valence-electron chi connectivity index (χ2n) is 5.86. The van der Waals surface area contributed by atoms with Crippen LogP contribution in [0.4, 0.5) is 0 Å². The van der Waals surface area contributed by atoms with Crippen LogP contribution in [0, 0.1) is 5.92 Å². The molecule has 0 aromatic carbocycles. The Labute approximate surface area is 105 Å². The molecule has 1 N–H and O–H groups in total. The Morgan fingerprint density at radius 1 is 1.24 bits per heavy atom. The summed E-state index contributed by atoms with van der Waals surface area (Å²) in [4.78, 5) is 16.6. The number of amides is 1. The smallest absolute Gasteiger partial charge is 0.242 e. The fourth-order valence-electron chi connectivity index (χ4n) is 2.15. The van der Waals surface area contributed by atoms with Crippen LogP contribution in [0.3, 0.4) is 0 Å². The van der Waals surface area contributed by atoms with E-state index in [-0.39, 0.29) is 5.91 Å². The van der Waals surface area contributed by atoms with E-state index in [1.165, 1.54) is 0 Å². The highest BCUT2D eigenvalue weighted by molar-refractivity contribution is 5.85. The van der Waals surface area contributed by atoms with Crippen LogP contribution in [0.1, 0.15) is 27.7 Å². The first-order valence-electron chi connectivity index (χ1n) is 6.57. The maximum atomic E-state index is 12.2. The molecule has 4 nitrogen and oxygen atoms in total. The highest BCUT2D eigenvalue weighted by Gasteiger charge is 2.32. The van der Waals surface area contributed by atoms with Crippen molar-refractivity contribution in [1.82, 2.24) is 15.1 Å². The SMILES string of the molecule is CNC(C)(C)C(=O)N1CCN(CC(C)C)CC1. The monoisotopic (exact) mass is 241 g/mol. The van der Waals surface area contributed by atoms with Crippen LogP contribution in [-0.2, 0) is 4.79 Å². The van der Waals surface area contributed by atoms with E-state index in [0.29, 0.717) is 5.92 Å². The Bertz CT molecular complexity index is 255. The number of rotatable bonds is 4. The molecule has 0 aromatic rings. The molecular weight excluding hydrogens is 214 g/mol. The molecule has 100 valence electrons. The van der Waals surface area contributed by atoms with Crippen LogP contribution in [0.25, 0.3) is 0 Å². The van der Waals surface area contributed by atoms with Crippen molar-refractivity contribution in [2.75, 3.05) is 39.8 Å². The lowest BCUT2D eigenvalue weighted by Gasteiger charge is -2.39. The molecule has 0 bridgehead atoms. The molecule has 0 atom stereocenters. The van der Waals surface area contributed by atoms with Crippen LogP contribution >= 0.6 is 0 Å². The van der Waals surface area contributed by atoms with Crippen molar-refractivity contribution < 1.29 is 4.79 Å². The van der Waals surface area contributed by atoms with E-state index in [9.17, 15) is 4.79 Å². The summed E-state index contributed by atoms with van der Waals surface area (Å²) in [6.07, 6.45) is 0. The van der Waals surface area contributed by atoms with Crippen molar-refractivity contribution >= 4 is 5.91 Å². The molecular formula is C13H27N3O. The van der Waals surface area contributed by atoms with Gasteiger partial charge >= 0.3 is 0 Å². The zero-order chi connectivity index (χ0) is 13.1. The highest BCUT2D eigenvalue weighted by Crippen LogP contribution is 2.11. The van der Waals surface area contributed by atoms with Gasteiger partial charge < -0.3 is 10.2 Å². The second kappa shape index (κ2) is 5.83. The Morgan fingerprint density at radius 3 is 2.18 bits per heavy atom. The zero-order valence-corrected chi connectivity index (χ0v) is 11.9. The van der Waals surface area contributed by atoms with Gasteiger partial charge in [0, 0.05) is 32.7 Å². The van der Waals surface area contributed by atoms with Gasteiger partial charge in [-0.25, -0.2) is 0 Å². The largest absolute Gasteiger partial charge is 0.339 e. The van der Waals surface area contributed by atoms with Crippen molar-refractivity contribution in [3.63, 3.8) is 0 Å². The number of nitrogens with one attached hydrogen (secondary N) is 1. The molecule has 1 fully saturated rings. The topological polar surface area (TPSA) is 35.6 Å². The van der Waals surface area contributed by atoms with Gasteiger partial charge in [-0.1, -0.05) is 13.8 Å². The molecule has 1 heterocycles. The summed E-state index contributed by atoms with van der Waals surface area (Å²) in [6.45, 7) is 13.2. The molecule has 4 heteroatoms. The Morgan fingerprint density at radius 2 is 1.76 bits per heavy atom. The molecule has 1 aliphatic rings. The third kappa shape index (κ3) is 3.96. The van der Waals surface area contributed by atoms with Crippen LogP contribution in [0.2, 0.25) is 0 Å². The third-order valence-electron chi connectivity index (χ3n) is 3.44. The summed E-state index contributed by atoms with van der Waals surface area (Å²) in [5, 5.41) is 3.08. The minimum atomic E-state index is -0.444. The summed E-state index contributed by atoms with van der Waals surface area (Å²) in [5.74, 6) is 0.912. The van der Waals surface area contributed by atoms with Crippen molar-refractivity contribution in [3.8, 4) is 0 Å². The fraction of sp³-hybridized carbons (Fsp3) is 0.923. The van der Waals surface area contributed by atoms with Crippen LogP contribution in [0.15, 0.2) is 0 Å². The summed E-state index contributed by atoms with van der Waals surface area (Å²) >= 11 is 0. The molecule has 17 heavy (non-hydrogen) atoms. The predicted octanol–water partition coefficient (Wildman–Crippen LogP) is 0.785. The van der Waals surface area contributed by atoms with Crippen LogP contribution < -0.4 is 5.32 Å². The van der Waals surface area contributed by atoms with Gasteiger partial charge in [0.05, 0.1) is 5.54 Å². The summed E-state index contributed by atoms with van der Waals surface area (Å²) in [7, 11) is 1.84. The standard InChI is InChI=1S/C13H27N3O/c1-11(2)10-15-6-8-16(9-7-15)12(17)13(3,4)14-5/h11,14H,6-10H2,1-5H3. The minimum absolute atomic E-state index is 0.212. The summed E-state index contributed by atoms with van der Waals surface area (Å²) in [6, 6.07) is 0. The molecule has 1 saturated heterocycles. The number of nitrogens with zero attached hydrogens (tertiary/aromatic N) is 2. The van der Waals surface area contributed by atoms with E-state index >= 15 is 0 Å². The van der Waals surface area contributed by atoms with Crippen molar-refractivity contribution in [2.45, 2.75) is 33.2 Å². The molecule has 0 spiro atoms. The predicted molar refractivity (Wildman–Crippen MR) is 71.0 cm³/mol. The maximum absolute atomic E-state index is 12.2. The first-order chi connectivity index (χ1) is 7.86. The molecule has 0 aromatic heterocycles. The lowest BCUT2D eigenvalue weighted by molar-refractivity contribution is -0.138. The van der Waals surface area contributed by atoms with Crippen molar-refractivity contribution in [2.24, 2.45) is 5.92 Å². The average molecular weight is 241 g/mol. The van der Waals surface area contributed by atoms with E-state index in [1.54, 1.807) is 0 Å². The van der Waals surface area contributed by atoms with Crippen molar-refractivity contribution in [3.05, 3.63) is 0 Å². The van der Waals surface area contributed by atoms with Crippen molar-refractivity contribution in [1.29, 1.82) is 0 Å². The number of carbonyl (C=O) groups excluding carboxylic acids is 1. The fourth-order valence-corrected chi connectivity index (χ4v) is 2.15. The maximum Gasteiger partial charge on any atom is 0.242 e. The van der Waals surface area contributed by atoms with Gasteiger partial charge in [-0.3, -0.25) is 9.69 Å². The van der Waals surface area contributed by atoms with E-state index < -0.39 is 5.54 Å². The van der Waals surface area contributed by atoms with E-state index in [0.717, 1.165) is 32.7 Å². The molecule has 0 radical (unpaired) electrons. The summed E-state index contributed by atoms with van der Waals surface area (Å²) in [5.41, 5.74) is -0.444. The third-order valence-corrected chi connectivity index (χ3v) is 3.44. The molecule has 0 aliphatic carbocycles. The minimum Gasteiger partial charge on any atom is -0.339 e. The number of hydrogen-bond acceptors (Lipinski definition) is 3. The number of hydrogen-bond donors (Lipinski definition) is 1. The molecule has 0 unspecified atom stereocenters. The lowest BCUT2D eigenvalue weighted by atomic mass is 10.0. The Hall–Kier alpha value is -0.610. The summed E-state index contributed by atoms with van der Waals surface area (Å²) < 4.78 is 0. The van der Waals surface area contributed by atoms with Gasteiger partial charge in [0.1, 0.15) is 0 Å². The molecule has 1 rings (SSSR count). The quantitative estimate of drug-likeness (QED) is 0.790. The first-order valence-corrected chi connectivity index (χ1v) is 6.57. The number of likely N-dealkylation sites (N-methyl/N-ethyl adjacent to an activating group) is 1. The van der Waals surface area contributed by atoms with Gasteiger partial charge in [0.2, 0.25) is 5.91 Å². The molecule has 1 amide bonds. The number of piperazine rings is 1. The second-order valence-corrected chi connectivity index (χ2v) is 5.86. The highest BCUT2D eigenvalue weighted by atomic mass is 16.2. The lowest BCUT2D eigenvalue weighted by Crippen LogP contribution is -2.58. The van der Waals surface area contributed by atoms with Gasteiger partial charge in [0.15, 0.2) is 0 Å². The van der Waals surface area contributed by atoms with E-state index in [4.69, 9.17) is 0 Å². The van der Waals surface area contributed by atoms with Gasteiger partial charge in [-0.2, -0.15) is 0 Å². The molecule has 0 saturated carbocycles. The molecule has 1 aliphatic heterocycles. The Kier molecular flexibility index (Phi) is 4.95. The van der Waals surface area contributed by atoms with Gasteiger partial charge in [0.25, 0.3) is 0 Å². The number of carbonyl (C=O) groups is 1. The van der Waals surface area contributed by atoms with Crippen LogP contribution in [-0.4, -0.2) is 61.0 Å². The van der Waals surface area contributed by atoms with Crippen LogP contribution in [0.5, 0.6) is 0 Å². The van der Waals surface area contributed by atoms with E-state index in [2.05, 4.69) is 24.1 Å². The average Bonchev–Trinajstić information content (AvgIpc) is 2.28. The van der Waals surface area contributed by atoms with Gasteiger partial charge in [-0.15, -0.1) is 0 Å². The normalized spacial score (nSPS) is 18.8. The Balaban J connectivity index is 2.44.